The maximum atomic E-state index is 12.8. The lowest BCUT2D eigenvalue weighted by Gasteiger charge is -2.33. The van der Waals surface area contributed by atoms with Gasteiger partial charge in [-0.05, 0) is 31.5 Å². The van der Waals surface area contributed by atoms with Crippen LogP contribution in [-0.4, -0.2) is 43.7 Å². The Morgan fingerprint density at radius 1 is 1.41 bits per heavy atom. The molecule has 1 aromatic carbocycles. The summed E-state index contributed by atoms with van der Waals surface area (Å²) in [5.74, 6) is -1.17. The van der Waals surface area contributed by atoms with Gasteiger partial charge in [-0.3, -0.25) is 9.69 Å². The van der Waals surface area contributed by atoms with Gasteiger partial charge >= 0.3 is 6.18 Å². The summed E-state index contributed by atoms with van der Waals surface area (Å²) >= 11 is 0. The van der Waals surface area contributed by atoms with Gasteiger partial charge < -0.3 is 10.1 Å². The first-order chi connectivity index (χ1) is 10.4. The third-order valence-electron chi connectivity index (χ3n) is 3.72. The number of rotatable bonds is 4. The van der Waals surface area contributed by atoms with Gasteiger partial charge in [-0.25, -0.2) is 0 Å². The van der Waals surface area contributed by atoms with Crippen LogP contribution >= 0.6 is 0 Å². The molecule has 1 saturated heterocycles. The van der Waals surface area contributed by atoms with Crippen LogP contribution in [0.5, 0.6) is 5.75 Å². The maximum Gasteiger partial charge on any atom is 0.393 e. The average molecular weight is 316 g/mol. The van der Waals surface area contributed by atoms with E-state index in [1.807, 2.05) is 0 Å². The van der Waals surface area contributed by atoms with Gasteiger partial charge in [-0.15, -0.1) is 0 Å². The number of para-hydroxylation sites is 2. The van der Waals surface area contributed by atoms with E-state index in [4.69, 9.17) is 4.74 Å². The number of hydrogen-bond acceptors (Lipinski definition) is 3. The third kappa shape index (κ3) is 4.37. The Labute approximate surface area is 127 Å². The Bertz CT molecular complexity index is 520. The van der Waals surface area contributed by atoms with Crippen molar-refractivity contribution in [1.82, 2.24) is 4.90 Å². The van der Waals surface area contributed by atoms with Crippen LogP contribution in [0.1, 0.15) is 12.8 Å². The maximum absolute atomic E-state index is 12.8. The fourth-order valence-corrected chi connectivity index (χ4v) is 2.61. The van der Waals surface area contributed by atoms with E-state index in [1.165, 1.54) is 7.11 Å². The lowest BCUT2D eigenvalue weighted by Crippen LogP contribution is -2.44. The molecule has 1 fully saturated rings. The van der Waals surface area contributed by atoms with E-state index in [2.05, 4.69) is 5.32 Å². The average Bonchev–Trinajstić information content (AvgIpc) is 2.47. The minimum Gasteiger partial charge on any atom is -0.495 e. The summed E-state index contributed by atoms with van der Waals surface area (Å²) in [5.41, 5.74) is 0.513. The fraction of sp³-hybridized carbons (Fsp3) is 0.533. The molecule has 1 aliphatic heterocycles. The van der Waals surface area contributed by atoms with Crippen molar-refractivity contribution in [1.29, 1.82) is 0 Å². The monoisotopic (exact) mass is 316 g/mol. The zero-order valence-corrected chi connectivity index (χ0v) is 12.3. The first-order valence-corrected chi connectivity index (χ1v) is 7.12. The van der Waals surface area contributed by atoms with Gasteiger partial charge in [-0.1, -0.05) is 12.1 Å². The Morgan fingerprint density at radius 3 is 2.82 bits per heavy atom. The second-order valence-corrected chi connectivity index (χ2v) is 5.36. The molecule has 0 saturated carbocycles. The molecule has 2 rings (SSSR count). The summed E-state index contributed by atoms with van der Waals surface area (Å²) in [6.45, 7) is 0.333. The van der Waals surface area contributed by atoms with Crippen LogP contribution in [0.25, 0.3) is 0 Å². The number of methoxy groups -OCH3 is 1. The molecule has 1 aliphatic rings. The van der Waals surface area contributed by atoms with Gasteiger partial charge in [0.05, 0.1) is 25.3 Å². The zero-order valence-electron chi connectivity index (χ0n) is 12.3. The van der Waals surface area contributed by atoms with E-state index < -0.39 is 12.1 Å². The molecule has 0 spiro atoms. The van der Waals surface area contributed by atoms with Crippen molar-refractivity contribution in [3.63, 3.8) is 0 Å². The molecule has 22 heavy (non-hydrogen) atoms. The van der Waals surface area contributed by atoms with Crippen LogP contribution in [0.15, 0.2) is 24.3 Å². The summed E-state index contributed by atoms with van der Waals surface area (Å²) < 4.78 is 43.4. The number of hydrogen-bond donors (Lipinski definition) is 1. The standard InChI is InChI=1S/C15H19F3N2O2/c1-22-13-7-3-2-6-12(13)19-14(21)10-20-8-4-5-11(9-20)15(16,17)18/h2-3,6-7,11H,4-5,8-10H2,1H3,(H,19,21)/t11-/m1/s1. The molecule has 1 aromatic rings. The molecule has 1 amide bonds. The number of carbonyl (C=O) groups excluding carboxylic acids is 1. The van der Waals surface area contributed by atoms with Crippen molar-refractivity contribution < 1.29 is 22.7 Å². The molecule has 0 radical (unpaired) electrons. The number of nitrogens with zero attached hydrogens (tertiary/aromatic N) is 1. The van der Waals surface area contributed by atoms with E-state index in [1.54, 1.807) is 29.2 Å². The molecular weight excluding hydrogens is 297 g/mol. The highest BCUT2D eigenvalue weighted by Crippen LogP contribution is 2.33. The van der Waals surface area contributed by atoms with Crippen LogP contribution in [0.3, 0.4) is 0 Å². The summed E-state index contributed by atoms with van der Waals surface area (Å²) in [4.78, 5) is 13.6. The zero-order chi connectivity index (χ0) is 16.2. The highest BCUT2D eigenvalue weighted by atomic mass is 19.4. The molecule has 1 atom stereocenters. The van der Waals surface area contributed by atoms with Crippen molar-refractivity contribution in [2.24, 2.45) is 5.92 Å². The van der Waals surface area contributed by atoms with Crippen molar-refractivity contribution in [2.75, 3.05) is 32.1 Å². The highest BCUT2D eigenvalue weighted by molar-refractivity contribution is 5.93. The molecule has 0 aliphatic carbocycles. The quantitative estimate of drug-likeness (QED) is 0.928. The number of anilines is 1. The van der Waals surface area contributed by atoms with E-state index in [-0.39, 0.29) is 25.4 Å². The molecule has 0 aromatic heterocycles. The number of benzene rings is 1. The lowest BCUT2D eigenvalue weighted by molar-refractivity contribution is -0.186. The largest absolute Gasteiger partial charge is 0.495 e. The number of alkyl halides is 3. The summed E-state index contributed by atoms with van der Waals surface area (Å²) in [5, 5.41) is 2.68. The molecule has 7 heteroatoms. The number of nitrogens with one attached hydrogen (secondary N) is 1. The minimum absolute atomic E-state index is 0.0510. The van der Waals surface area contributed by atoms with Crippen LogP contribution in [0.4, 0.5) is 18.9 Å². The van der Waals surface area contributed by atoms with E-state index in [0.717, 1.165) is 0 Å². The first-order valence-electron chi connectivity index (χ1n) is 7.12. The van der Waals surface area contributed by atoms with Gasteiger partial charge in [0.15, 0.2) is 0 Å². The Kier molecular flexibility index (Phi) is 5.28. The minimum atomic E-state index is -4.20. The van der Waals surface area contributed by atoms with Crippen molar-refractivity contribution in [2.45, 2.75) is 19.0 Å². The smallest absolute Gasteiger partial charge is 0.393 e. The second kappa shape index (κ2) is 7.00. The third-order valence-corrected chi connectivity index (χ3v) is 3.72. The first kappa shape index (κ1) is 16.6. The number of carbonyl (C=O) groups is 1. The van der Waals surface area contributed by atoms with Crippen molar-refractivity contribution in [3.05, 3.63) is 24.3 Å². The summed E-state index contributed by atoms with van der Waals surface area (Å²) in [6.07, 6.45) is -3.61. The second-order valence-electron chi connectivity index (χ2n) is 5.36. The van der Waals surface area contributed by atoms with E-state index >= 15 is 0 Å². The fourth-order valence-electron chi connectivity index (χ4n) is 2.61. The van der Waals surface area contributed by atoms with Crippen LogP contribution < -0.4 is 10.1 Å². The topological polar surface area (TPSA) is 41.6 Å². The molecule has 1 N–H and O–H groups in total. The van der Waals surface area contributed by atoms with Crippen LogP contribution in [0.2, 0.25) is 0 Å². The molecular formula is C15H19F3N2O2. The SMILES string of the molecule is COc1ccccc1NC(=O)CN1CCC[C@@H](C(F)(F)F)C1. The van der Waals surface area contributed by atoms with Gasteiger partial charge in [-0.2, -0.15) is 13.2 Å². The van der Waals surface area contributed by atoms with Gasteiger partial charge in [0.1, 0.15) is 5.75 Å². The highest BCUT2D eigenvalue weighted by Gasteiger charge is 2.41. The molecule has 0 unspecified atom stereocenters. The van der Waals surface area contributed by atoms with E-state index in [9.17, 15) is 18.0 Å². The number of amides is 1. The lowest BCUT2D eigenvalue weighted by atomic mass is 9.97. The normalized spacial score (nSPS) is 19.7. The summed E-state index contributed by atoms with van der Waals surface area (Å²) in [7, 11) is 1.49. The predicted octanol–water partition coefficient (Wildman–Crippen LogP) is 2.91. The molecule has 4 nitrogen and oxygen atoms in total. The van der Waals surface area contributed by atoms with Gasteiger partial charge in [0, 0.05) is 6.54 Å². The van der Waals surface area contributed by atoms with Crippen LogP contribution in [0, 0.1) is 5.92 Å². The molecule has 1 heterocycles. The van der Waals surface area contributed by atoms with Gasteiger partial charge in [0.25, 0.3) is 0 Å². The predicted molar refractivity (Wildman–Crippen MR) is 76.8 cm³/mol. The van der Waals surface area contributed by atoms with Crippen molar-refractivity contribution >= 4 is 11.6 Å². The van der Waals surface area contributed by atoms with E-state index in [0.29, 0.717) is 24.4 Å². The Balaban J connectivity index is 1.92. The molecule has 122 valence electrons. The molecule has 0 bridgehead atoms. The number of halogens is 3. The number of piperidine rings is 1. The summed E-state index contributed by atoms with van der Waals surface area (Å²) in [6, 6.07) is 6.91. The Hall–Kier alpha value is -1.76. The van der Waals surface area contributed by atoms with Gasteiger partial charge in [0.2, 0.25) is 5.91 Å². The number of likely N-dealkylation sites (tertiary alicyclic amines) is 1. The van der Waals surface area contributed by atoms with Crippen LogP contribution in [-0.2, 0) is 4.79 Å². The number of ether oxygens (including phenoxy) is 1. The van der Waals surface area contributed by atoms with Crippen molar-refractivity contribution in [3.8, 4) is 5.75 Å². The Morgan fingerprint density at radius 2 is 2.14 bits per heavy atom.